The van der Waals surface area contributed by atoms with Crippen molar-refractivity contribution in [3.05, 3.63) is 40.3 Å². The number of likely N-dealkylation sites (tertiary alicyclic amines) is 1. The molecule has 2 fully saturated rings. The summed E-state index contributed by atoms with van der Waals surface area (Å²) in [7, 11) is 0. The van der Waals surface area contributed by atoms with Gasteiger partial charge >= 0.3 is 6.18 Å². The number of rotatable bonds is 6. The largest absolute Gasteiger partial charge is 0.453 e. The fraction of sp³-hybridized carbons (Fsp3) is 0.545. The van der Waals surface area contributed by atoms with Gasteiger partial charge in [0.05, 0.1) is 6.04 Å². The van der Waals surface area contributed by atoms with Gasteiger partial charge < -0.3 is 10.2 Å². The van der Waals surface area contributed by atoms with E-state index in [1.165, 1.54) is 23.8 Å². The predicted molar refractivity (Wildman–Crippen MR) is 122 cm³/mol. The molecule has 0 aliphatic carbocycles. The second-order valence-electron chi connectivity index (χ2n) is 8.76. The summed E-state index contributed by atoms with van der Waals surface area (Å²) in [5.41, 5.74) is 0.0450. The maximum absolute atomic E-state index is 13.2. The quantitative estimate of drug-likeness (QED) is 0.567. The van der Waals surface area contributed by atoms with Gasteiger partial charge in [0.15, 0.2) is 5.65 Å². The Morgan fingerprint density at radius 1 is 1.12 bits per heavy atom. The molecule has 1 N–H and O–H groups in total. The van der Waals surface area contributed by atoms with Crippen LogP contribution in [0.4, 0.5) is 19.0 Å². The van der Waals surface area contributed by atoms with E-state index >= 15 is 0 Å². The number of nitrogens with zero attached hydrogens (tertiary/aromatic N) is 6. The highest BCUT2D eigenvalue weighted by atomic mass is 32.1. The van der Waals surface area contributed by atoms with E-state index < -0.39 is 12.0 Å². The van der Waals surface area contributed by atoms with Crippen molar-refractivity contribution < 1.29 is 18.0 Å². The minimum absolute atomic E-state index is 0.0435. The molecule has 0 spiro atoms. The van der Waals surface area contributed by atoms with Crippen LogP contribution in [0.3, 0.4) is 0 Å². The normalized spacial score (nSPS) is 19.1. The van der Waals surface area contributed by atoms with Crippen molar-refractivity contribution in [1.82, 2.24) is 30.0 Å². The molecule has 5 rings (SSSR count). The van der Waals surface area contributed by atoms with Crippen LogP contribution in [0.25, 0.3) is 5.65 Å². The number of carbonyl (C=O) groups is 1. The van der Waals surface area contributed by atoms with Gasteiger partial charge in [-0.15, -0.1) is 26.6 Å². The molecule has 0 saturated carbocycles. The number of fused-ring (bicyclic) bond motifs is 1. The van der Waals surface area contributed by atoms with Crippen LogP contribution in [0.1, 0.15) is 42.4 Å². The smallest absolute Gasteiger partial charge is 0.355 e. The lowest BCUT2D eigenvalue weighted by molar-refractivity contribution is -0.146. The highest BCUT2D eigenvalue weighted by molar-refractivity contribution is 7.10. The molecule has 1 amide bonds. The molecule has 0 aromatic carbocycles. The van der Waals surface area contributed by atoms with Crippen LogP contribution in [0.2, 0.25) is 0 Å². The molecular formula is C22H26F3N7OS. The number of aromatic nitrogens is 4. The van der Waals surface area contributed by atoms with E-state index in [1.807, 2.05) is 11.0 Å². The first-order valence-electron chi connectivity index (χ1n) is 11.5. The Balaban J connectivity index is 1.19. The van der Waals surface area contributed by atoms with Crippen LogP contribution in [-0.2, 0) is 11.0 Å². The molecule has 5 heterocycles. The second-order valence-corrected chi connectivity index (χ2v) is 9.74. The molecule has 0 radical (unpaired) electrons. The molecule has 0 bridgehead atoms. The SMILES string of the molecule is O=C(NC[C@@H](c1cccs1)N1CCCC1)C1CCN(c2ccc3nnc(C(F)(F)F)n3n2)CC1. The Hall–Kier alpha value is -2.73. The highest BCUT2D eigenvalue weighted by Gasteiger charge is 2.38. The summed E-state index contributed by atoms with van der Waals surface area (Å²) < 4.78 is 40.2. The van der Waals surface area contributed by atoms with Gasteiger partial charge in [-0.1, -0.05) is 6.07 Å². The van der Waals surface area contributed by atoms with Gasteiger partial charge in [0.1, 0.15) is 5.82 Å². The van der Waals surface area contributed by atoms with Gasteiger partial charge in [-0.3, -0.25) is 9.69 Å². The highest BCUT2D eigenvalue weighted by Crippen LogP contribution is 2.30. The topological polar surface area (TPSA) is 78.7 Å². The Labute approximate surface area is 198 Å². The summed E-state index contributed by atoms with van der Waals surface area (Å²) in [5.74, 6) is -0.800. The Kier molecular flexibility index (Phi) is 6.43. The minimum atomic E-state index is -4.63. The van der Waals surface area contributed by atoms with E-state index in [0.29, 0.717) is 38.3 Å². The fourth-order valence-electron chi connectivity index (χ4n) is 4.78. The van der Waals surface area contributed by atoms with Crippen molar-refractivity contribution in [3.63, 3.8) is 0 Å². The van der Waals surface area contributed by atoms with Gasteiger partial charge in [0, 0.05) is 30.4 Å². The van der Waals surface area contributed by atoms with Crippen LogP contribution < -0.4 is 10.2 Å². The average Bonchev–Trinajstić information content (AvgIpc) is 3.60. The van der Waals surface area contributed by atoms with Crippen LogP contribution in [-0.4, -0.2) is 63.3 Å². The summed E-state index contributed by atoms with van der Waals surface area (Å²) >= 11 is 1.72. The first-order valence-corrected chi connectivity index (χ1v) is 12.4. The van der Waals surface area contributed by atoms with Crippen molar-refractivity contribution in [2.24, 2.45) is 5.92 Å². The van der Waals surface area contributed by atoms with E-state index in [9.17, 15) is 18.0 Å². The zero-order valence-corrected chi connectivity index (χ0v) is 19.4. The molecule has 3 aromatic rings. The molecule has 0 unspecified atom stereocenters. The summed E-state index contributed by atoms with van der Waals surface area (Å²) in [6.45, 7) is 3.78. The molecule has 2 aliphatic heterocycles. The standard InChI is InChI=1S/C22H26F3N7OS/c23-22(24,25)21-28-27-18-5-6-19(29-32(18)21)31-11-7-15(8-12-31)20(33)26-14-16(17-4-3-13-34-17)30-9-1-2-10-30/h3-6,13,15-16H,1-2,7-12,14H2,(H,26,33)/t16-/m0/s1. The maximum atomic E-state index is 13.2. The monoisotopic (exact) mass is 493 g/mol. The number of alkyl halides is 3. The van der Waals surface area contributed by atoms with Gasteiger partial charge in [0.25, 0.3) is 5.82 Å². The van der Waals surface area contributed by atoms with Crippen molar-refractivity contribution in [2.75, 3.05) is 37.6 Å². The first kappa shape index (κ1) is 23.0. The fourth-order valence-corrected chi connectivity index (χ4v) is 5.64. The Morgan fingerprint density at radius 3 is 2.56 bits per heavy atom. The summed E-state index contributed by atoms with van der Waals surface area (Å²) in [4.78, 5) is 18.5. The number of amides is 1. The number of anilines is 1. The molecule has 12 heteroatoms. The first-order chi connectivity index (χ1) is 16.4. The van der Waals surface area contributed by atoms with Crippen molar-refractivity contribution >= 4 is 28.7 Å². The number of halogens is 3. The van der Waals surface area contributed by atoms with Crippen molar-refractivity contribution in [1.29, 1.82) is 0 Å². The zero-order chi connectivity index (χ0) is 23.7. The maximum Gasteiger partial charge on any atom is 0.453 e. The number of hydrogen-bond donors (Lipinski definition) is 1. The van der Waals surface area contributed by atoms with Crippen LogP contribution in [0.5, 0.6) is 0 Å². The lowest BCUT2D eigenvalue weighted by Gasteiger charge is -2.33. The predicted octanol–water partition coefficient (Wildman–Crippen LogP) is 3.37. The molecule has 2 saturated heterocycles. The van der Waals surface area contributed by atoms with E-state index in [-0.39, 0.29) is 23.5 Å². The van der Waals surface area contributed by atoms with Crippen molar-refractivity contribution in [3.8, 4) is 0 Å². The van der Waals surface area contributed by atoms with Crippen LogP contribution in [0.15, 0.2) is 29.6 Å². The number of hydrogen-bond acceptors (Lipinski definition) is 7. The van der Waals surface area contributed by atoms with Crippen LogP contribution >= 0.6 is 11.3 Å². The van der Waals surface area contributed by atoms with Gasteiger partial charge in [-0.05, 0) is 62.4 Å². The Bertz CT molecular complexity index is 1120. The number of nitrogens with one attached hydrogen (secondary N) is 1. The summed E-state index contributed by atoms with van der Waals surface area (Å²) in [5, 5.41) is 16.1. The summed E-state index contributed by atoms with van der Waals surface area (Å²) in [6, 6.07) is 7.50. The van der Waals surface area contributed by atoms with Gasteiger partial charge in [-0.2, -0.15) is 17.7 Å². The number of carbonyl (C=O) groups excluding carboxylic acids is 1. The van der Waals surface area contributed by atoms with E-state index in [2.05, 4.69) is 37.0 Å². The molecule has 1 atom stereocenters. The molecule has 182 valence electrons. The average molecular weight is 494 g/mol. The second kappa shape index (κ2) is 9.49. The number of piperidine rings is 1. The molecule has 2 aliphatic rings. The van der Waals surface area contributed by atoms with Gasteiger partial charge in [-0.25, -0.2) is 0 Å². The lowest BCUT2D eigenvalue weighted by atomic mass is 9.95. The molecule has 8 nitrogen and oxygen atoms in total. The third-order valence-corrected chi connectivity index (χ3v) is 7.59. The summed E-state index contributed by atoms with van der Waals surface area (Å²) in [6.07, 6.45) is -1.02. The van der Waals surface area contributed by atoms with E-state index in [4.69, 9.17) is 0 Å². The zero-order valence-electron chi connectivity index (χ0n) is 18.5. The van der Waals surface area contributed by atoms with E-state index in [1.54, 1.807) is 17.4 Å². The lowest BCUT2D eigenvalue weighted by Crippen LogP contribution is -2.43. The minimum Gasteiger partial charge on any atom is -0.355 e. The van der Waals surface area contributed by atoms with E-state index in [0.717, 1.165) is 17.6 Å². The van der Waals surface area contributed by atoms with Gasteiger partial charge in [0.2, 0.25) is 5.91 Å². The third-order valence-electron chi connectivity index (χ3n) is 6.61. The van der Waals surface area contributed by atoms with Crippen LogP contribution in [0, 0.1) is 5.92 Å². The molecule has 34 heavy (non-hydrogen) atoms. The van der Waals surface area contributed by atoms with Crippen molar-refractivity contribution in [2.45, 2.75) is 37.9 Å². The third kappa shape index (κ3) is 4.74. The number of thiophene rings is 1. The Morgan fingerprint density at radius 2 is 1.88 bits per heavy atom. The molecule has 3 aromatic heterocycles. The molecular weight excluding hydrogens is 467 g/mol.